The first kappa shape index (κ1) is 14.1. The zero-order valence-corrected chi connectivity index (χ0v) is 12.2. The molecule has 0 spiro atoms. The van der Waals surface area contributed by atoms with Crippen molar-refractivity contribution in [2.45, 2.75) is 20.3 Å². The number of carbonyl (C=O) groups is 1. The van der Waals surface area contributed by atoms with Gasteiger partial charge >= 0.3 is 0 Å². The zero-order valence-electron chi connectivity index (χ0n) is 9.84. The monoisotopic (exact) mass is 314 g/mol. The maximum atomic E-state index is 11.8. The Labute approximate surface area is 115 Å². The SMILES string of the molecule is CCCNC(=S)NC(=O)c1ccc(C)c(Br)c1. The van der Waals surface area contributed by atoms with Gasteiger partial charge in [-0.15, -0.1) is 0 Å². The third-order valence-corrected chi connectivity index (χ3v) is 3.30. The van der Waals surface area contributed by atoms with E-state index in [9.17, 15) is 4.79 Å². The Kier molecular flexibility index (Phi) is 5.58. The van der Waals surface area contributed by atoms with Gasteiger partial charge in [-0.1, -0.05) is 28.9 Å². The fourth-order valence-electron chi connectivity index (χ4n) is 1.19. The first-order chi connectivity index (χ1) is 8.04. The predicted octanol–water partition coefficient (Wildman–Crippen LogP) is 2.77. The van der Waals surface area contributed by atoms with Crippen LogP contribution in [0.3, 0.4) is 0 Å². The van der Waals surface area contributed by atoms with Gasteiger partial charge in [0.1, 0.15) is 0 Å². The zero-order chi connectivity index (χ0) is 12.8. The lowest BCUT2D eigenvalue weighted by atomic mass is 10.1. The second-order valence-electron chi connectivity index (χ2n) is 3.67. The van der Waals surface area contributed by atoms with Crippen LogP contribution in [0.5, 0.6) is 0 Å². The van der Waals surface area contributed by atoms with Crippen LogP contribution in [0.2, 0.25) is 0 Å². The average molecular weight is 315 g/mol. The highest BCUT2D eigenvalue weighted by atomic mass is 79.9. The van der Waals surface area contributed by atoms with Crippen molar-refractivity contribution in [2.24, 2.45) is 0 Å². The van der Waals surface area contributed by atoms with Crippen LogP contribution < -0.4 is 10.6 Å². The maximum absolute atomic E-state index is 11.8. The fourth-order valence-corrected chi connectivity index (χ4v) is 1.77. The molecule has 0 saturated carbocycles. The van der Waals surface area contributed by atoms with Crippen molar-refractivity contribution in [3.63, 3.8) is 0 Å². The van der Waals surface area contributed by atoms with Gasteiger partial charge in [-0.2, -0.15) is 0 Å². The van der Waals surface area contributed by atoms with Gasteiger partial charge in [0, 0.05) is 16.6 Å². The highest BCUT2D eigenvalue weighted by molar-refractivity contribution is 9.10. The molecule has 0 saturated heterocycles. The molecule has 0 aromatic heterocycles. The molecule has 0 aliphatic rings. The van der Waals surface area contributed by atoms with E-state index in [0.717, 1.165) is 23.0 Å². The Balaban J connectivity index is 2.63. The third kappa shape index (κ3) is 4.44. The van der Waals surface area contributed by atoms with E-state index in [1.165, 1.54) is 0 Å². The normalized spacial score (nSPS) is 9.82. The lowest BCUT2D eigenvalue weighted by Crippen LogP contribution is -2.39. The number of amides is 1. The highest BCUT2D eigenvalue weighted by Gasteiger charge is 2.08. The first-order valence-corrected chi connectivity index (χ1v) is 6.60. The second kappa shape index (κ2) is 6.71. The number of thiocarbonyl (C=S) groups is 1. The molecule has 0 fully saturated rings. The van der Waals surface area contributed by atoms with Crippen LogP contribution in [0.4, 0.5) is 0 Å². The van der Waals surface area contributed by atoms with Gasteiger partial charge in [-0.05, 0) is 43.3 Å². The molecular weight excluding hydrogens is 300 g/mol. The summed E-state index contributed by atoms with van der Waals surface area (Å²) in [6, 6.07) is 5.45. The molecule has 0 radical (unpaired) electrons. The molecule has 0 aliphatic carbocycles. The topological polar surface area (TPSA) is 41.1 Å². The summed E-state index contributed by atoms with van der Waals surface area (Å²) in [6.45, 7) is 4.77. The number of halogens is 1. The number of hydrogen-bond donors (Lipinski definition) is 2. The van der Waals surface area contributed by atoms with Gasteiger partial charge in [0.25, 0.3) is 5.91 Å². The van der Waals surface area contributed by atoms with Gasteiger partial charge < -0.3 is 5.32 Å². The number of benzene rings is 1. The maximum Gasteiger partial charge on any atom is 0.257 e. The molecule has 0 unspecified atom stereocenters. The minimum atomic E-state index is -0.195. The summed E-state index contributed by atoms with van der Waals surface area (Å²) >= 11 is 8.39. The molecule has 3 nitrogen and oxygen atoms in total. The average Bonchev–Trinajstić information content (AvgIpc) is 2.30. The molecule has 0 atom stereocenters. The number of aryl methyl sites for hydroxylation is 1. The molecular formula is C12H15BrN2OS. The molecule has 1 rings (SSSR count). The van der Waals surface area contributed by atoms with Crippen LogP contribution in [0.1, 0.15) is 29.3 Å². The summed E-state index contributed by atoms with van der Waals surface area (Å²) in [5.74, 6) is -0.195. The molecule has 2 N–H and O–H groups in total. The third-order valence-electron chi connectivity index (χ3n) is 2.20. The van der Waals surface area contributed by atoms with Crippen LogP contribution in [0, 0.1) is 6.92 Å². The Morgan fingerprint density at radius 3 is 2.76 bits per heavy atom. The Bertz CT molecular complexity index is 435. The summed E-state index contributed by atoms with van der Waals surface area (Å²) in [4.78, 5) is 11.8. The quantitative estimate of drug-likeness (QED) is 0.843. The van der Waals surface area contributed by atoms with Crippen molar-refractivity contribution in [2.75, 3.05) is 6.54 Å². The number of rotatable bonds is 3. The van der Waals surface area contributed by atoms with Gasteiger partial charge in [0.15, 0.2) is 5.11 Å². The molecule has 1 aromatic rings. The minimum absolute atomic E-state index is 0.195. The smallest absolute Gasteiger partial charge is 0.257 e. The number of hydrogen-bond acceptors (Lipinski definition) is 2. The molecule has 1 aromatic carbocycles. The van der Waals surface area contributed by atoms with Crippen molar-refractivity contribution in [3.8, 4) is 0 Å². The summed E-state index contributed by atoms with van der Waals surface area (Å²) in [5.41, 5.74) is 1.68. The molecule has 0 bridgehead atoms. The van der Waals surface area contributed by atoms with Gasteiger partial charge in [-0.25, -0.2) is 0 Å². The van der Waals surface area contributed by atoms with Crippen molar-refractivity contribution in [1.82, 2.24) is 10.6 Å². The molecule has 1 amide bonds. The molecule has 0 aliphatic heterocycles. The Morgan fingerprint density at radius 2 is 2.18 bits per heavy atom. The van der Waals surface area contributed by atoms with Gasteiger partial charge in [-0.3, -0.25) is 10.1 Å². The van der Waals surface area contributed by atoms with E-state index in [2.05, 4.69) is 26.6 Å². The minimum Gasteiger partial charge on any atom is -0.362 e. The van der Waals surface area contributed by atoms with Crippen molar-refractivity contribution in [1.29, 1.82) is 0 Å². The molecule has 5 heteroatoms. The molecule has 17 heavy (non-hydrogen) atoms. The van der Waals surface area contributed by atoms with Crippen LogP contribution in [-0.4, -0.2) is 17.6 Å². The first-order valence-electron chi connectivity index (χ1n) is 5.40. The summed E-state index contributed by atoms with van der Waals surface area (Å²) < 4.78 is 0.914. The Morgan fingerprint density at radius 1 is 1.47 bits per heavy atom. The van der Waals surface area contributed by atoms with E-state index < -0.39 is 0 Å². The lowest BCUT2D eigenvalue weighted by molar-refractivity contribution is 0.0976. The largest absolute Gasteiger partial charge is 0.362 e. The molecule has 0 heterocycles. The van der Waals surface area contributed by atoms with Crippen molar-refractivity contribution < 1.29 is 4.79 Å². The van der Waals surface area contributed by atoms with E-state index in [1.807, 2.05) is 19.9 Å². The summed E-state index contributed by atoms with van der Waals surface area (Å²) in [6.07, 6.45) is 0.964. The summed E-state index contributed by atoms with van der Waals surface area (Å²) in [7, 11) is 0. The highest BCUT2D eigenvalue weighted by Crippen LogP contribution is 2.17. The van der Waals surface area contributed by atoms with E-state index in [0.29, 0.717) is 10.7 Å². The predicted molar refractivity (Wildman–Crippen MR) is 77.2 cm³/mol. The lowest BCUT2D eigenvalue weighted by Gasteiger charge is -2.09. The summed E-state index contributed by atoms with van der Waals surface area (Å²) in [5, 5.41) is 5.95. The van der Waals surface area contributed by atoms with Crippen LogP contribution in [0.15, 0.2) is 22.7 Å². The van der Waals surface area contributed by atoms with Crippen molar-refractivity contribution >= 4 is 39.2 Å². The Hall–Kier alpha value is -0.940. The van der Waals surface area contributed by atoms with Gasteiger partial charge in [0.05, 0.1) is 0 Å². The number of carbonyl (C=O) groups excluding carboxylic acids is 1. The molecule has 92 valence electrons. The fraction of sp³-hybridized carbons (Fsp3) is 0.333. The van der Waals surface area contributed by atoms with Crippen LogP contribution >= 0.6 is 28.1 Å². The van der Waals surface area contributed by atoms with Gasteiger partial charge in [0.2, 0.25) is 0 Å². The number of nitrogens with one attached hydrogen (secondary N) is 2. The standard InChI is InChI=1S/C12H15BrN2OS/c1-3-6-14-12(17)15-11(16)9-5-4-8(2)10(13)7-9/h4-5,7H,3,6H2,1-2H3,(H2,14,15,16,17). The van der Waals surface area contributed by atoms with Crippen LogP contribution in [0.25, 0.3) is 0 Å². The second-order valence-corrected chi connectivity index (χ2v) is 4.94. The van der Waals surface area contributed by atoms with Crippen molar-refractivity contribution in [3.05, 3.63) is 33.8 Å². The van der Waals surface area contributed by atoms with E-state index in [1.54, 1.807) is 12.1 Å². The van der Waals surface area contributed by atoms with E-state index >= 15 is 0 Å². The van der Waals surface area contributed by atoms with E-state index in [-0.39, 0.29) is 5.91 Å². The van der Waals surface area contributed by atoms with Crippen LogP contribution in [-0.2, 0) is 0 Å². The van der Waals surface area contributed by atoms with E-state index in [4.69, 9.17) is 12.2 Å².